The molecule has 0 radical (unpaired) electrons. The van der Waals surface area contributed by atoms with Crippen LogP contribution in [0.25, 0.3) is 6.08 Å². The van der Waals surface area contributed by atoms with Crippen LogP contribution in [0.1, 0.15) is 4.44 Å². The van der Waals surface area contributed by atoms with Gasteiger partial charge in [-0.15, -0.1) is 0 Å². The van der Waals surface area contributed by atoms with Crippen LogP contribution in [0.4, 0.5) is 20.7 Å². The fraction of sp³-hybridized carbons (Fsp3) is 0. The molecule has 0 saturated carbocycles. The Labute approximate surface area is 182 Å². The second-order valence-corrected chi connectivity index (χ2v) is 11.7. The molecule has 1 aromatic heterocycles. The number of amides is 4. The Morgan fingerprint density at radius 3 is 2.00 bits per heavy atom. The summed E-state index contributed by atoms with van der Waals surface area (Å²) in [5.41, 5.74) is 2.38. The minimum absolute atomic E-state index is 0.0428. The Hall–Kier alpha value is -2.62. The van der Waals surface area contributed by atoms with Crippen LogP contribution in [0.15, 0.2) is 66.2 Å². The molecular weight excluding hydrogens is 549 g/mol. The molecule has 0 bridgehead atoms. The van der Waals surface area contributed by atoms with Crippen LogP contribution in [0.2, 0.25) is 0 Å². The van der Waals surface area contributed by atoms with Crippen LogP contribution in [-0.4, -0.2) is 53.3 Å². The number of carbonyl (C=O) groups is 3. The number of urea groups is 1. The number of hydrogen-bond acceptors (Lipinski definition) is 4. The Morgan fingerprint density at radius 1 is 0.793 bits per heavy atom. The Bertz CT molecular complexity index is 1150. The number of fused-ring (bicyclic) bond motifs is 2. The third-order valence-corrected chi connectivity index (χ3v) is 9.86. The van der Waals surface area contributed by atoms with Gasteiger partial charge in [0.15, 0.2) is 0 Å². The first-order chi connectivity index (χ1) is 14.1. The molecule has 142 valence electrons. The summed E-state index contributed by atoms with van der Waals surface area (Å²) in [6, 6.07) is 20.2. The number of nitrogens with one attached hydrogen (secondary N) is 2. The summed E-state index contributed by atoms with van der Waals surface area (Å²) < 4.78 is 4.83. The summed E-state index contributed by atoms with van der Waals surface area (Å²) in [4.78, 5) is 37.6. The second-order valence-electron chi connectivity index (χ2n) is 6.34. The molecule has 2 aliphatic heterocycles. The van der Waals surface area contributed by atoms with E-state index in [0.717, 1.165) is 9.00 Å². The van der Waals surface area contributed by atoms with E-state index in [4.69, 9.17) is 0 Å². The van der Waals surface area contributed by atoms with Gasteiger partial charge in [0, 0.05) is 0 Å². The predicted molar refractivity (Wildman–Crippen MR) is 113 cm³/mol. The quantitative estimate of drug-likeness (QED) is 0.217. The number of nitrogens with zero attached hydrogens (tertiary/aromatic N) is 1. The molecule has 0 spiro atoms. The summed E-state index contributed by atoms with van der Waals surface area (Å²) >= 11 is -0.534. The molecule has 0 aliphatic carbocycles. The SMILES string of the molecule is O=C1NC(=O)C(=Cc2ccc(N3c4ccccc4[Te]c4ccccc43)[se]2)C(=O)N1. The predicted octanol–water partition coefficient (Wildman–Crippen LogP) is 0.931. The van der Waals surface area contributed by atoms with Gasteiger partial charge in [0.2, 0.25) is 0 Å². The third-order valence-electron chi connectivity index (χ3n) is 4.50. The molecule has 5 rings (SSSR count). The second kappa shape index (κ2) is 7.32. The van der Waals surface area contributed by atoms with Crippen molar-refractivity contribution in [1.82, 2.24) is 10.6 Å². The zero-order valence-corrected chi connectivity index (χ0v) is 18.9. The average molecular weight is 562 g/mol. The number of para-hydroxylation sites is 2. The van der Waals surface area contributed by atoms with Crippen molar-refractivity contribution in [3.63, 3.8) is 0 Å². The van der Waals surface area contributed by atoms with E-state index in [1.165, 1.54) is 18.6 Å². The molecule has 0 atom stereocenters. The van der Waals surface area contributed by atoms with Gasteiger partial charge in [-0.05, 0) is 0 Å². The summed E-state index contributed by atoms with van der Waals surface area (Å²) in [6.45, 7) is 0. The Morgan fingerprint density at radius 2 is 1.38 bits per heavy atom. The topological polar surface area (TPSA) is 78.5 Å². The van der Waals surface area contributed by atoms with Crippen LogP contribution in [0.3, 0.4) is 0 Å². The van der Waals surface area contributed by atoms with Crippen LogP contribution in [0, 0.1) is 0 Å². The van der Waals surface area contributed by atoms with E-state index in [1.807, 2.05) is 6.07 Å². The standard InChI is InChI=1S/C21H13N3O3SeTe/c25-19-13(20(26)23-21(27)22-19)11-12-9-10-18(28-12)24-14-5-1-3-7-16(14)29-17-8-4-2-6-15(17)24/h1-11H,(H2,22,23,25,26,27). The van der Waals surface area contributed by atoms with Crippen molar-refractivity contribution in [3.05, 3.63) is 70.7 Å². The maximum absolute atomic E-state index is 12.0. The van der Waals surface area contributed by atoms with Crippen LogP contribution in [0.5, 0.6) is 0 Å². The van der Waals surface area contributed by atoms with E-state index in [1.54, 1.807) is 6.08 Å². The summed E-state index contributed by atoms with van der Waals surface area (Å²) in [6.07, 6.45) is 1.58. The van der Waals surface area contributed by atoms with Crippen LogP contribution >= 0.6 is 0 Å². The van der Waals surface area contributed by atoms with Gasteiger partial charge in [-0.2, -0.15) is 0 Å². The van der Waals surface area contributed by atoms with Gasteiger partial charge in [0.05, 0.1) is 0 Å². The van der Waals surface area contributed by atoms with Crippen LogP contribution < -0.4 is 22.8 Å². The monoisotopic (exact) mass is 565 g/mol. The number of rotatable bonds is 2. The van der Waals surface area contributed by atoms with Crippen molar-refractivity contribution < 1.29 is 14.4 Å². The molecular formula is C21H13N3O3SeTe. The number of barbiturate groups is 1. The molecule has 6 nitrogen and oxygen atoms in total. The van der Waals surface area contributed by atoms with Gasteiger partial charge in [0.25, 0.3) is 0 Å². The zero-order chi connectivity index (χ0) is 20.0. The number of anilines is 3. The van der Waals surface area contributed by atoms with Crippen molar-refractivity contribution in [2.45, 2.75) is 0 Å². The van der Waals surface area contributed by atoms with E-state index in [0.29, 0.717) is 0 Å². The summed E-state index contributed by atoms with van der Waals surface area (Å²) in [5, 5.41) is 4.23. The van der Waals surface area contributed by atoms with Crippen molar-refractivity contribution in [1.29, 1.82) is 0 Å². The number of benzene rings is 2. The fourth-order valence-corrected chi connectivity index (χ4v) is 8.30. The van der Waals surface area contributed by atoms with Gasteiger partial charge in [-0.1, -0.05) is 0 Å². The van der Waals surface area contributed by atoms with Crippen molar-refractivity contribution in [3.8, 4) is 0 Å². The first-order valence-corrected chi connectivity index (χ1v) is 12.8. The number of carbonyl (C=O) groups excluding carboxylic acids is 3. The van der Waals surface area contributed by atoms with E-state index >= 15 is 0 Å². The van der Waals surface area contributed by atoms with Crippen LogP contribution in [-0.2, 0) is 9.59 Å². The molecule has 8 heteroatoms. The number of hydrogen-bond donors (Lipinski definition) is 2. The molecule has 2 aliphatic rings. The molecule has 3 heterocycles. The zero-order valence-electron chi connectivity index (χ0n) is 14.8. The molecule has 1 fully saturated rings. The molecule has 3 aromatic rings. The van der Waals surface area contributed by atoms with Gasteiger partial charge < -0.3 is 0 Å². The summed E-state index contributed by atoms with van der Waals surface area (Å²) in [5.74, 6) is -1.33. The van der Waals surface area contributed by atoms with Crippen molar-refractivity contribution in [2.24, 2.45) is 0 Å². The molecule has 2 N–H and O–H groups in total. The van der Waals surface area contributed by atoms with Gasteiger partial charge in [-0.25, -0.2) is 0 Å². The van der Waals surface area contributed by atoms with E-state index < -0.39 is 38.8 Å². The number of imide groups is 2. The molecule has 4 amide bonds. The van der Waals surface area contributed by atoms with E-state index in [9.17, 15) is 14.4 Å². The van der Waals surface area contributed by atoms with Gasteiger partial charge >= 0.3 is 183 Å². The normalized spacial score (nSPS) is 15.4. The Kier molecular flexibility index (Phi) is 4.65. The van der Waals surface area contributed by atoms with Crippen molar-refractivity contribution in [2.75, 3.05) is 4.90 Å². The van der Waals surface area contributed by atoms with E-state index in [-0.39, 0.29) is 20.1 Å². The fourth-order valence-electron chi connectivity index (χ4n) is 3.23. The van der Waals surface area contributed by atoms with Crippen molar-refractivity contribution >= 4 is 82.5 Å². The molecule has 29 heavy (non-hydrogen) atoms. The minimum atomic E-state index is -0.785. The molecule has 2 aromatic carbocycles. The third kappa shape index (κ3) is 3.35. The Balaban J connectivity index is 1.56. The molecule has 1 saturated heterocycles. The van der Waals surface area contributed by atoms with Gasteiger partial charge in [0.1, 0.15) is 0 Å². The summed E-state index contributed by atoms with van der Waals surface area (Å²) in [7, 11) is 0. The van der Waals surface area contributed by atoms with E-state index in [2.05, 4.69) is 70.1 Å². The van der Waals surface area contributed by atoms with Gasteiger partial charge in [-0.3, -0.25) is 0 Å². The molecule has 0 unspecified atom stereocenters. The maximum atomic E-state index is 12.0. The first-order valence-electron chi connectivity index (χ1n) is 8.74. The first kappa shape index (κ1) is 18.4. The average Bonchev–Trinajstić information content (AvgIpc) is 3.17.